The highest BCUT2D eigenvalue weighted by atomic mass is 16.5. The molecular formula is C34H36N4O4. The third-order valence-electron chi connectivity index (χ3n) is 8.14. The van der Waals surface area contributed by atoms with E-state index in [0.717, 1.165) is 33.3 Å². The zero-order chi connectivity index (χ0) is 29.2. The number of fused-ring (bicyclic) bond motifs is 7. The molecule has 0 radical (unpaired) electrons. The zero-order valence-corrected chi connectivity index (χ0v) is 23.9. The van der Waals surface area contributed by atoms with Crippen LogP contribution in [0.15, 0.2) is 78.9 Å². The zero-order valence-electron chi connectivity index (χ0n) is 23.9. The van der Waals surface area contributed by atoms with Crippen LogP contribution in [0.25, 0.3) is 10.9 Å². The molecule has 8 nitrogen and oxygen atoms in total. The fourth-order valence-corrected chi connectivity index (χ4v) is 6.19. The predicted octanol–water partition coefficient (Wildman–Crippen LogP) is 4.30. The Bertz CT molecular complexity index is 1610. The lowest BCUT2D eigenvalue weighted by atomic mass is 9.89. The minimum absolute atomic E-state index is 0.127. The van der Waals surface area contributed by atoms with Gasteiger partial charge in [-0.15, -0.1) is 0 Å². The van der Waals surface area contributed by atoms with Crippen LogP contribution in [-0.2, 0) is 27.2 Å². The van der Waals surface area contributed by atoms with E-state index in [9.17, 15) is 14.4 Å². The van der Waals surface area contributed by atoms with Crippen LogP contribution < -0.4 is 10.6 Å². The second kappa shape index (κ2) is 11.8. The first-order valence-electron chi connectivity index (χ1n) is 14.7. The van der Waals surface area contributed by atoms with Gasteiger partial charge in [-0.1, -0.05) is 66.7 Å². The molecule has 0 unspecified atom stereocenters. The Labute approximate surface area is 245 Å². The molecule has 1 aromatic heterocycles. The molecule has 6 rings (SSSR count). The van der Waals surface area contributed by atoms with E-state index >= 15 is 0 Å². The number of carbonyl (C=O) groups is 3. The van der Waals surface area contributed by atoms with Gasteiger partial charge in [0.1, 0.15) is 12.1 Å². The normalized spacial score (nSPS) is 18.0. The maximum atomic E-state index is 14.1. The second-order valence-corrected chi connectivity index (χ2v) is 11.3. The number of ether oxygens (including phenoxy) is 1. The lowest BCUT2D eigenvalue weighted by molar-refractivity contribution is -0.132. The van der Waals surface area contributed by atoms with E-state index in [1.54, 1.807) is 4.90 Å². The summed E-state index contributed by atoms with van der Waals surface area (Å²) >= 11 is 0. The van der Waals surface area contributed by atoms with Crippen molar-refractivity contribution in [2.75, 3.05) is 13.2 Å². The summed E-state index contributed by atoms with van der Waals surface area (Å²) in [4.78, 5) is 46.6. The molecule has 3 N–H and O–H groups in total. The van der Waals surface area contributed by atoms with Crippen LogP contribution in [-0.4, -0.2) is 58.9 Å². The molecule has 4 aromatic rings. The highest BCUT2D eigenvalue weighted by Gasteiger charge is 2.49. The molecule has 0 saturated heterocycles. The quantitative estimate of drug-likeness (QED) is 0.250. The van der Waals surface area contributed by atoms with Crippen molar-refractivity contribution in [1.29, 1.82) is 0 Å². The number of aromatic amines is 1. The topological polar surface area (TPSA) is 104 Å². The maximum absolute atomic E-state index is 14.1. The standard InChI is InChI=1S/C34H36N4O4/c1-21(2)42-18-10-17-35-32(39)28(19-22-11-4-3-5-12-22)37-33(40)29-20-26-23-13-8-9-16-27(23)36-30(26)31-24-14-6-7-15-25(24)34(41)38(29)31/h3-9,11-16,21,28-29,31,36H,10,17-20H2,1-2H3,(H,35,39)(H,37,40)/t28-,29-,31-/m0/s1. The summed E-state index contributed by atoms with van der Waals surface area (Å²) in [5.74, 6) is -0.765. The fourth-order valence-electron chi connectivity index (χ4n) is 6.19. The van der Waals surface area contributed by atoms with Gasteiger partial charge < -0.3 is 25.3 Å². The summed E-state index contributed by atoms with van der Waals surface area (Å²) in [6, 6.07) is 23.2. The minimum atomic E-state index is -0.797. The van der Waals surface area contributed by atoms with E-state index in [0.29, 0.717) is 38.0 Å². The van der Waals surface area contributed by atoms with Gasteiger partial charge in [0.05, 0.1) is 12.1 Å². The molecule has 3 heterocycles. The summed E-state index contributed by atoms with van der Waals surface area (Å²) in [6.45, 7) is 4.93. The second-order valence-electron chi connectivity index (χ2n) is 11.3. The summed E-state index contributed by atoms with van der Waals surface area (Å²) in [6.07, 6.45) is 1.49. The summed E-state index contributed by atoms with van der Waals surface area (Å²) in [5, 5.41) is 7.05. The molecule has 0 spiro atoms. The number of nitrogens with zero attached hydrogens (tertiary/aromatic N) is 1. The number of rotatable bonds is 10. The fraction of sp³-hybridized carbons (Fsp3) is 0.324. The molecule has 0 aliphatic carbocycles. The average molecular weight is 565 g/mol. The van der Waals surface area contributed by atoms with Gasteiger partial charge in [0.25, 0.3) is 5.91 Å². The largest absolute Gasteiger partial charge is 0.379 e. The minimum Gasteiger partial charge on any atom is -0.379 e. The Morgan fingerprint density at radius 1 is 1.00 bits per heavy atom. The Morgan fingerprint density at radius 3 is 2.55 bits per heavy atom. The number of hydrogen-bond donors (Lipinski definition) is 3. The van der Waals surface area contributed by atoms with E-state index in [2.05, 4.69) is 15.6 Å². The number of para-hydroxylation sites is 1. The monoisotopic (exact) mass is 564 g/mol. The van der Waals surface area contributed by atoms with Crippen LogP contribution in [0, 0.1) is 0 Å². The van der Waals surface area contributed by atoms with Crippen molar-refractivity contribution in [3.8, 4) is 0 Å². The smallest absolute Gasteiger partial charge is 0.255 e. The molecule has 0 bridgehead atoms. The van der Waals surface area contributed by atoms with Crippen molar-refractivity contribution in [3.63, 3.8) is 0 Å². The van der Waals surface area contributed by atoms with E-state index in [-0.39, 0.29) is 23.8 Å². The van der Waals surface area contributed by atoms with Crippen LogP contribution in [0.2, 0.25) is 0 Å². The SMILES string of the molecule is CC(C)OCCCNC(=O)[C@H](Cc1ccccc1)NC(=O)[C@@H]1Cc2c([nH]c3ccccc23)[C@@H]2c3ccccc3C(=O)N21. The molecule has 2 aliphatic rings. The van der Waals surface area contributed by atoms with E-state index in [4.69, 9.17) is 4.74 Å². The number of nitrogens with one attached hydrogen (secondary N) is 3. The lowest BCUT2D eigenvalue weighted by Gasteiger charge is -2.37. The van der Waals surface area contributed by atoms with Gasteiger partial charge in [0, 0.05) is 48.2 Å². The number of aromatic nitrogens is 1. The van der Waals surface area contributed by atoms with Crippen molar-refractivity contribution in [2.24, 2.45) is 0 Å². The van der Waals surface area contributed by atoms with Gasteiger partial charge in [-0.25, -0.2) is 0 Å². The highest BCUT2D eigenvalue weighted by Crippen LogP contribution is 2.46. The van der Waals surface area contributed by atoms with Crippen molar-refractivity contribution in [3.05, 3.63) is 107 Å². The molecule has 0 saturated carbocycles. The van der Waals surface area contributed by atoms with Crippen molar-refractivity contribution < 1.29 is 19.1 Å². The van der Waals surface area contributed by atoms with Gasteiger partial charge in [-0.05, 0) is 49.1 Å². The third-order valence-corrected chi connectivity index (χ3v) is 8.14. The molecule has 3 amide bonds. The Morgan fingerprint density at radius 2 is 1.74 bits per heavy atom. The number of benzene rings is 3. The van der Waals surface area contributed by atoms with Crippen LogP contribution in [0.1, 0.15) is 59.1 Å². The molecule has 2 aliphatic heterocycles. The number of hydrogen-bond acceptors (Lipinski definition) is 4. The molecular weight excluding hydrogens is 528 g/mol. The van der Waals surface area contributed by atoms with E-state index in [1.165, 1.54) is 0 Å². The van der Waals surface area contributed by atoms with Gasteiger partial charge in [-0.2, -0.15) is 0 Å². The van der Waals surface area contributed by atoms with Gasteiger partial charge in [-0.3, -0.25) is 14.4 Å². The molecule has 3 atom stereocenters. The van der Waals surface area contributed by atoms with Crippen LogP contribution in [0.5, 0.6) is 0 Å². The van der Waals surface area contributed by atoms with Crippen LogP contribution in [0.3, 0.4) is 0 Å². The van der Waals surface area contributed by atoms with Crippen LogP contribution >= 0.6 is 0 Å². The van der Waals surface area contributed by atoms with Crippen molar-refractivity contribution in [2.45, 2.75) is 57.3 Å². The first kappa shape index (κ1) is 27.7. The molecule has 42 heavy (non-hydrogen) atoms. The number of H-pyrrole nitrogens is 1. The first-order valence-corrected chi connectivity index (χ1v) is 14.7. The molecule has 0 fully saturated rings. The van der Waals surface area contributed by atoms with E-state index in [1.807, 2.05) is 92.7 Å². The summed E-state index contributed by atoms with van der Waals surface area (Å²) < 4.78 is 5.59. The number of carbonyl (C=O) groups excluding carboxylic acids is 3. The average Bonchev–Trinajstić information content (AvgIpc) is 3.52. The third kappa shape index (κ3) is 5.30. The van der Waals surface area contributed by atoms with Crippen molar-refractivity contribution in [1.82, 2.24) is 20.5 Å². The Balaban J connectivity index is 1.28. The summed E-state index contributed by atoms with van der Waals surface area (Å²) in [5.41, 5.74) is 5.38. The molecule has 8 heteroatoms. The van der Waals surface area contributed by atoms with Gasteiger partial charge in [0.15, 0.2) is 0 Å². The summed E-state index contributed by atoms with van der Waals surface area (Å²) in [7, 11) is 0. The molecule has 216 valence electrons. The van der Waals surface area contributed by atoms with Crippen molar-refractivity contribution >= 4 is 28.6 Å². The molecule has 3 aromatic carbocycles. The first-order chi connectivity index (χ1) is 20.4. The Hall–Kier alpha value is -4.43. The van der Waals surface area contributed by atoms with Gasteiger partial charge in [0.2, 0.25) is 11.8 Å². The number of amides is 3. The highest BCUT2D eigenvalue weighted by molar-refractivity contribution is 6.04. The Kier molecular flexibility index (Phi) is 7.80. The predicted molar refractivity (Wildman–Crippen MR) is 161 cm³/mol. The maximum Gasteiger partial charge on any atom is 0.255 e. The van der Waals surface area contributed by atoms with Gasteiger partial charge >= 0.3 is 0 Å². The van der Waals surface area contributed by atoms with E-state index < -0.39 is 18.1 Å². The lowest BCUT2D eigenvalue weighted by Crippen LogP contribution is -2.57. The van der Waals surface area contributed by atoms with Crippen LogP contribution in [0.4, 0.5) is 0 Å².